The van der Waals surface area contributed by atoms with Crippen LogP contribution in [0.25, 0.3) is 22.2 Å². The second-order valence-corrected chi connectivity index (χ2v) is 12.8. The van der Waals surface area contributed by atoms with Gasteiger partial charge in [-0.2, -0.15) is 5.10 Å². The lowest BCUT2D eigenvalue weighted by Gasteiger charge is -2.35. The van der Waals surface area contributed by atoms with Crippen LogP contribution in [0, 0.1) is 11.6 Å². The van der Waals surface area contributed by atoms with Crippen LogP contribution >= 0.6 is 0 Å². The standard InChI is InChI=1S/C30H34F2N6O3S/c1-2-38-29-23(18-7-10-21(11-8-18)35-22-15-41-16-22)14-34-30(33)27(29)28(36-38)19-9-12-26(25(32)13-19)37-42(39,40)17-20-5-3-4-6-24(20)31/h3-6,9,12-14,18,21-22,35,37H,2,7-8,10-11,15-17H2,1H3,(H2,33,34). The molecule has 6 rings (SSSR count). The molecule has 1 aliphatic carbocycles. The highest BCUT2D eigenvalue weighted by atomic mass is 32.2. The molecule has 0 amide bonds. The molecular weight excluding hydrogens is 562 g/mol. The molecule has 3 heterocycles. The number of rotatable bonds is 9. The minimum Gasteiger partial charge on any atom is -0.383 e. The van der Waals surface area contributed by atoms with Crippen LogP contribution in [0.2, 0.25) is 0 Å². The Hall–Kier alpha value is -3.61. The van der Waals surface area contributed by atoms with Gasteiger partial charge in [0.1, 0.15) is 23.1 Å². The number of halogens is 2. The second kappa shape index (κ2) is 11.6. The molecule has 0 atom stereocenters. The molecule has 1 aliphatic heterocycles. The Morgan fingerprint density at radius 1 is 1.05 bits per heavy atom. The van der Waals surface area contributed by atoms with Crippen molar-refractivity contribution < 1.29 is 21.9 Å². The van der Waals surface area contributed by atoms with Gasteiger partial charge in [-0.05, 0) is 62.3 Å². The number of hydrogen-bond donors (Lipinski definition) is 3. The molecule has 2 aromatic carbocycles. The molecule has 1 saturated heterocycles. The van der Waals surface area contributed by atoms with Gasteiger partial charge in [-0.25, -0.2) is 22.2 Å². The summed E-state index contributed by atoms with van der Waals surface area (Å²) < 4.78 is 64.1. The summed E-state index contributed by atoms with van der Waals surface area (Å²) in [6.07, 6.45) is 5.97. The first-order chi connectivity index (χ1) is 20.2. The van der Waals surface area contributed by atoms with Crippen molar-refractivity contribution in [2.75, 3.05) is 23.7 Å². The number of pyridine rings is 1. The third-order valence-electron chi connectivity index (χ3n) is 8.21. The maximum absolute atomic E-state index is 15.3. The summed E-state index contributed by atoms with van der Waals surface area (Å²) in [6, 6.07) is 10.7. The zero-order chi connectivity index (χ0) is 29.4. The highest BCUT2D eigenvalue weighted by Crippen LogP contribution is 2.41. The molecule has 0 radical (unpaired) electrons. The van der Waals surface area contributed by atoms with Crippen molar-refractivity contribution in [2.45, 2.75) is 62.9 Å². The third kappa shape index (κ3) is 5.70. The number of benzene rings is 2. The SMILES string of the molecule is CCn1nc(-c2ccc(NS(=O)(=O)Cc3ccccc3F)c(F)c2)c2c(N)ncc(C3CCC(NC4COC4)CC3)c21. The maximum Gasteiger partial charge on any atom is 0.237 e. The average molecular weight is 597 g/mol. The summed E-state index contributed by atoms with van der Waals surface area (Å²) in [5.41, 5.74) is 9.07. The van der Waals surface area contributed by atoms with Crippen molar-refractivity contribution in [3.63, 3.8) is 0 Å². The number of hydrogen-bond acceptors (Lipinski definition) is 7. The summed E-state index contributed by atoms with van der Waals surface area (Å²) in [4.78, 5) is 4.52. The maximum atomic E-state index is 15.3. The largest absolute Gasteiger partial charge is 0.383 e. The van der Waals surface area contributed by atoms with Crippen LogP contribution in [0.1, 0.15) is 49.7 Å². The van der Waals surface area contributed by atoms with Crippen molar-refractivity contribution >= 4 is 32.4 Å². The van der Waals surface area contributed by atoms with Crippen molar-refractivity contribution in [1.29, 1.82) is 0 Å². The van der Waals surface area contributed by atoms with E-state index in [-0.39, 0.29) is 11.3 Å². The lowest BCUT2D eigenvalue weighted by molar-refractivity contribution is -0.0121. The van der Waals surface area contributed by atoms with Gasteiger partial charge in [0.25, 0.3) is 0 Å². The monoisotopic (exact) mass is 596 g/mol. The van der Waals surface area contributed by atoms with Gasteiger partial charge >= 0.3 is 0 Å². The first-order valence-corrected chi connectivity index (χ1v) is 15.9. The molecule has 2 aliphatic rings. The summed E-state index contributed by atoms with van der Waals surface area (Å²) in [5, 5.41) is 9.15. The Morgan fingerprint density at radius 2 is 1.81 bits per heavy atom. The van der Waals surface area contributed by atoms with Crippen LogP contribution in [-0.2, 0) is 27.1 Å². The predicted molar refractivity (Wildman–Crippen MR) is 158 cm³/mol. The molecule has 12 heteroatoms. The Bertz CT molecular complexity index is 1720. The summed E-state index contributed by atoms with van der Waals surface area (Å²) in [5.74, 6) is -1.44. The number of aryl methyl sites for hydroxylation is 1. The molecule has 1 saturated carbocycles. The number of aromatic nitrogens is 3. The fourth-order valence-electron chi connectivity index (χ4n) is 6.00. The average Bonchev–Trinajstić information content (AvgIpc) is 3.34. The molecular formula is C30H34F2N6O3S. The molecule has 42 heavy (non-hydrogen) atoms. The van der Waals surface area contributed by atoms with Gasteiger partial charge in [-0.1, -0.05) is 24.3 Å². The Labute approximate surface area is 243 Å². The lowest BCUT2D eigenvalue weighted by atomic mass is 9.81. The summed E-state index contributed by atoms with van der Waals surface area (Å²) in [7, 11) is -4.07. The van der Waals surface area contributed by atoms with Gasteiger partial charge in [-0.3, -0.25) is 9.40 Å². The van der Waals surface area contributed by atoms with E-state index in [2.05, 4.69) is 15.0 Å². The number of sulfonamides is 1. The summed E-state index contributed by atoms with van der Waals surface area (Å²) >= 11 is 0. The lowest BCUT2D eigenvalue weighted by Crippen LogP contribution is -2.51. The molecule has 4 aromatic rings. The van der Waals surface area contributed by atoms with E-state index in [0.29, 0.717) is 47.0 Å². The van der Waals surface area contributed by atoms with Gasteiger partial charge in [0.2, 0.25) is 10.0 Å². The Kier molecular flexibility index (Phi) is 7.86. The molecule has 2 fully saturated rings. The molecule has 4 N–H and O–H groups in total. The van der Waals surface area contributed by atoms with Crippen LogP contribution in [0.15, 0.2) is 48.7 Å². The van der Waals surface area contributed by atoms with E-state index in [4.69, 9.17) is 15.6 Å². The normalized spacial score (nSPS) is 19.6. The van der Waals surface area contributed by atoms with E-state index in [1.807, 2.05) is 17.8 Å². The Balaban J connectivity index is 1.27. The van der Waals surface area contributed by atoms with Crippen LogP contribution < -0.4 is 15.8 Å². The Morgan fingerprint density at radius 3 is 2.48 bits per heavy atom. The fourth-order valence-corrected chi connectivity index (χ4v) is 7.21. The number of nitrogen functional groups attached to an aromatic ring is 1. The predicted octanol–water partition coefficient (Wildman–Crippen LogP) is 4.94. The number of anilines is 2. The van der Waals surface area contributed by atoms with Crippen LogP contribution in [-0.4, -0.2) is 48.5 Å². The van der Waals surface area contributed by atoms with Gasteiger partial charge in [0.15, 0.2) is 0 Å². The van der Waals surface area contributed by atoms with Crippen LogP contribution in [0.5, 0.6) is 0 Å². The van der Waals surface area contributed by atoms with E-state index >= 15 is 4.39 Å². The van der Waals surface area contributed by atoms with E-state index < -0.39 is 27.4 Å². The van der Waals surface area contributed by atoms with E-state index in [0.717, 1.165) is 50.0 Å². The zero-order valence-corrected chi connectivity index (χ0v) is 24.1. The van der Waals surface area contributed by atoms with Gasteiger partial charge in [0, 0.05) is 29.9 Å². The first kappa shape index (κ1) is 28.5. The van der Waals surface area contributed by atoms with E-state index in [1.165, 1.54) is 30.3 Å². The molecule has 0 unspecified atom stereocenters. The fraction of sp³-hybridized carbons (Fsp3) is 0.400. The zero-order valence-electron chi connectivity index (χ0n) is 23.3. The number of nitrogens with one attached hydrogen (secondary N) is 2. The smallest absolute Gasteiger partial charge is 0.237 e. The minimum atomic E-state index is -4.07. The van der Waals surface area contributed by atoms with Crippen LogP contribution in [0.3, 0.4) is 0 Å². The van der Waals surface area contributed by atoms with E-state index in [1.54, 1.807) is 12.1 Å². The van der Waals surface area contributed by atoms with Gasteiger partial charge in [-0.15, -0.1) is 0 Å². The highest BCUT2D eigenvalue weighted by molar-refractivity contribution is 7.91. The van der Waals surface area contributed by atoms with Gasteiger partial charge in [0.05, 0.1) is 41.6 Å². The number of fused-ring (bicyclic) bond motifs is 1. The first-order valence-electron chi connectivity index (χ1n) is 14.2. The van der Waals surface area contributed by atoms with Gasteiger partial charge < -0.3 is 15.8 Å². The van der Waals surface area contributed by atoms with Crippen molar-refractivity contribution in [3.8, 4) is 11.3 Å². The second-order valence-electron chi connectivity index (χ2n) is 11.1. The third-order valence-corrected chi connectivity index (χ3v) is 9.43. The number of ether oxygens (including phenoxy) is 1. The topological polar surface area (TPSA) is 124 Å². The highest BCUT2D eigenvalue weighted by Gasteiger charge is 2.30. The van der Waals surface area contributed by atoms with E-state index in [9.17, 15) is 12.8 Å². The minimum absolute atomic E-state index is 0.00454. The summed E-state index contributed by atoms with van der Waals surface area (Å²) in [6.45, 7) is 4.14. The van der Waals surface area contributed by atoms with Crippen molar-refractivity contribution in [3.05, 3.63) is 71.4 Å². The molecule has 0 spiro atoms. The number of nitrogens with two attached hydrogens (primary N) is 1. The number of nitrogens with zero attached hydrogens (tertiary/aromatic N) is 3. The quantitative estimate of drug-likeness (QED) is 0.250. The molecule has 0 bridgehead atoms. The van der Waals surface area contributed by atoms with Crippen LogP contribution in [0.4, 0.5) is 20.3 Å². The molecule has 222 valence electrons. The van der Waals surface area contributed by atoms with Crippen molar-refractivity contribution in [1.82, 2.24) is 20.1 Å². The molecule has 9 nitrogen and oxygen atoms in total. The molecule has 2 aromatic heterocycles. The van der Waals surface area contributed by atoms with Crippen molar-refractivity contribution in [2.24, 2.45) is 0 Å².